The molecule has 0 bridgehead atoms. The van der Waals surface area contributed by atoms with Crippen LogP contribution in [0, 0.1) is 0 Å². The van der Waals surface area contributed by atoms with Gasteiger partial charge in [0.15, 0.2) is 5.65 Å². The SMILES string of the molecule is CC[C@](C)(O)CN1CC(C)c2[nH]nc3nc(N)nc1c23. The Morgan fingerprint density at radius 2 is 2.25 bits per heavy atom. The van der Waals surface area contributed by atoms with Crippen molar-refractivity contribution in [2.75, 3.05) is 23.7 Å². The van der Waals surface area contributed by atoms with Crippen molar-refractivity contribution in [3.05, 3.63) is 5.69 Å². The number of aromatic amines is 1. The summed E-state index contributed by atoms with van der Waals surface area (Å²) in [6, 6.07) is 0. The molecule has 3 rings (SSSR count). The second-order valence-electron chi connectivity index (χ2n) is 5.87. The van der Waals surface area contributed by atoms with Gasteiger partial charge in [0, 0.05) is 19.0 Å². The van der Waals surface area contributed by atoms with E-state index in [-0.39, 0.29) is 11.9 Å². The highest BCUT2D eigenvalue weighted by atomic mass is 16.3. The highest BCUT2D eigenvalue weighted by Crippen LogP contribution is 2.36. The topological polar surface area (TPSA) is 104 Å². The molecule has 2 atom stereocenters. The summed E-state index contributed by atoms with van der Waals surface area (Å²) in [7, 11) is 0. The van der Waals surface area contributed by atoms with Gasteiger partial charge in [-0.1, -0.05) is 13.8 Å². The van der Waals surface area contributed by atoms with Crippen LogP contribution in [0.1, 0.15) is 38.8 Å². The third-order valence-electron chi connectivity index (χ3n) is 4.02. The third kappa shape index (κ3) is 1.98. The van der Waals surface area contributed by atoms with Crippen molar-refractivity contribution in [2.24, 2.45) is 0 Å². The van der Waals surface area contributed by atoms with E-state index in [0.29, 0.717) is 18.6 Å². The van der Waals surface area contributed by atoms with Crippen LogP contribution in [-0.4, -0.2) is 44.0 Å². The zero-order valence-electron chi connectivity index (χ0n) is 12.0. The molecular formula is C13H20N6O. The Morgan fingerprint density at radius 3 is 2.95 bits per heavy atom. The molecule has 2 aromatic rings. The van der Waals surface area contributed by atoms with Crippen molar-refractivity contribution in [1.82, 2.24) is 20.2 Å². The van der Waals surface area contributed by atoms with E-state index in [1.807, 2.05) is 13.8 Å². The van der Waals surface area contributed by atoms with Crippen molar-refractivity contribution in [3.63, 3.8) is 0 Å². The maximum atomic E-state index is 10.3. The van der Waals surface area contributed by atoms with Crippen molar-refractivity contribution in [1.29, 1.82) is 0 Å². The number of nitrogens with one attached hydrogen (secondary N) is 1. The second-order valence-corrected chi connectivity index (χ2v) is 5.87. The molecule has 1 aliphatic rings. The van der Waals surface area contributed by atoms with Gasteiger partial charge in [-0.05, 0) is 13.3 Å². The molecule has 3 heterocycles. The van der Waals surface area contributed by atoms with E-state index >= 15 is 0 Å². The summed E-state index contributed by atoms with van der Waals surface area (Å²) in [5, 5.41) is 18.5. The summed E-state index contributed by atoms with van der Waals surface area (Å²) in [6.07, 6.45) is 0.680. The predicted molar refractivity (Wildman–Crippen MR) is 77.6 cm³/mol. The van der Waals surface area contributed by atoms with Crippen LogP contribution < -0.4 is 10.6 Å². The number of nitrogen functional groups attached to an aromatic ring is 1. The van der Waals surface area contributed by atoms with E-state index < -0.39 is 5.60 Å². The minimum Gasteiger partial charge on any atom is -0.388 e. The molecule has 7 heteroatoms. The van der Waals surface area contributed by atoms with Crippen LogP contribution >= 0.6 is 0 Å². The average molecular weight is 276 g/mol. The first-order chi connectivity index (χ1) is 9.41. The molecule has 4 N–H and O–H groups in total. The average Bonchev–Trinajstić information content (AvgIpc) is 2.79. The number of nitrogens with two attached hydrogens (primary N) is 1. The number of hydrogen-bond acceptors (Lipinski definition) is 6. The number of β-amino-alcohol motifs (C(OH)–C–C–N with tert-alkyl or cyclic N) is 1. The summed E-state index contributed by atoms with van der Waals surface area (Å²) in [4.78, 5) is 10.6. The van der Waals surface area contributed by atoms with Crippen molar-refractivity contribution in [3.8, 4) is 0 Å². The van der Waals surface area contributed by atoms with Crippen molar-refractivity contribution >= 4 is 22.8 Å². The van der Waals surface area contributed by atoms with Crippen LogP contribution in [0.4, 0.5) is 11.8 Å². The van der Waals surface area contributed by atoms with Gasteiger partial charge in [0.25, 0.3) is 0 Å². The molecule has 0 radical (unpaired) electrons. The fourth-order valence-electron chi connectivity index (χ4n) is 2.70. The zero-order valence-corrected chi connectivity index (χ0v) is 12.0. The van der Waals surface area contributed by atoms with Crippen LogP contribution in [0.2, 0.25) is 0 Å². The van der Waals surface area contributed by atoms with E-state index in [9.17, 15) is 5.11 Å². The second kappa shape index (κ2) is 4.31. The minimum atomic E-state index is -0.757. The Bertz CT molecular complexity index is 650. The van der Waals surface area contributed by atoms with Gasteiger partial charge in [-0.25, -0.2) is 0 Å². The van der Waals surface area contributed by atoms with Crippen LogP contribution in [-0.2, 0) is 0 Å². The van der Waals surface area contributed by atoms with E-state index in [1.165, 1.54) is 0 Å². The molecule has 0 aliphatic carbocycles. The fourth-order valence-corrected chi connectivity index (χ4v) is 2.70. The fraction of sp³-hybridized carbons (Fsp3) is 0.615. The standard InChI is InChI=1S/C13H20N6O/c1-4-13(3,20)6-19-5-7(2)9-8-10(18-17-9)15-12(14)16-11(8)19/h7,20H,4-6H2,1-3H3,(H3,14,15,16,17,18)/t7?,13-/m0/s1. The van der Waals surface area contributed by atoms with Gasteiger partial charge in [0.2, 0.25) is 5.95 Å². The normalized spacial score (nSPS) is 21.2. The maximum absolute atomic E-state index is 10.3. The highest BCUT2D eigenvalue weighted by Gasteiger charge is 2.32. The van der Waals surface area contributed by atoms with Crippen LogP contribution in [0.3, 0.4) is 0 Å². The van der Waals surface area contributed by atoms with E-state index in [4.69, 9.17) is 5.73 Å². The molecule has 0 spiro atoms. The largest absolute Gasteiger partial charge is 0.388 e. The van der Waals surface area contributed by atoms with Crippen LogP contribution in [0.25, 0.3) is 11.0 Å². The lowest BCUT2D eigenvalue weighted by molar-refractivity contribution is 0.0625. The highest BCUT2D eigenvalue weighted by molar-refractivity contribution is 5.92. The molecule has 0 saturated carbocycles. The third-order valence-corrected chi connectivity index (χ3v) is 4.02. The molecule has 0 aromatic carbocycles. The number of nitrogens with zero attached hydrogens (tertiary/aromatic N) is 4. The molecule has 7 nitrogen and oxygen atoms in total. The van der Waals surface area contributed by atoms with Gasteiger partial charge >= 0.3 is 0 Å². The molecule has 20 heavy (non-hydrogen) atoms. The monoisotopic (exact) mass is 276 g/mol. The number of H-pyrrole nitrogens is 1. The van der Waals surface area contributed by atoms with Gasteiger partial charge in [-0.3, -0.25) is 5.10 Å². The molecule has 0 saturated heterocycles. The molecule has 108 valence electrons. The Kier molecular flexibility index (Phi) is 2.82. The molecule has 0 amide bonds. The van der Waals surface area contributed by atoms with Gasteiger partial charge < -0.3 is 15.7 Å². The molecule has 1 unspecified atom stereocenters. The number of anilines is 2. The van der Waals surface area contributed by atoms with Gasteiger partial charge in [-0.2, -0.15) is 15.1 Å². The predicted octanol–water partition coefficient (Wildman–Crippen LogP) is 1.02. The molecule has 2 aromatic heterocycles. The number of aromatic nitrogens is 4. The molecule has 0 fully saturated rings. The quantitative estimate of drug-likeness (QED) is 0.773. The first kappa shape index (κ1) is 13.1. The first-order valence-electron chi connectivity index (χ1n) is 6.90. The summed E-state index contributed by atoms with van der Waals surface area (Å²) in [6.45, 7) is 7.23. The zero-order chi connectivity index (χ0) is 14.5. The molecular weight excluding hydrogens is 256 g/mol. The van der Waals surface area contributed by atoms with E-state index in [1.54, 1.807) is 0 Å². The minimum absolute atomic E-state index is 0.209. The summed E-state index contributed by atoms with van der Waals surface area (Å²) in [5.74, 6) is 1.26. The number of hydrogen-bond donors (Lipinski definition) is 3. The Morgan fingerprint density at radius 1 is 1.50 bits per heavy atom. The Labute approximate surface area is 117 Å². The maximum Gasteiger partial charge on any atom is 0.224 e. The molecule has 1 aliphatic heterocycles. The smallest absolute Gasteiger partial charge is 0.224 e. The lowest BCUT2D eigenvalue weighted by Gasteiger charge is -2.36. The van der Waals surface area contributed by atoms with E-state index in [0.717, 1.165) is 23.4 Å². The van der Waals surface area contributed by atoms with Gasteiger partial charge in [0.1, 0.15) is 5.82 Å². The Balaban J connectivity index is 2.12. The van der Waals surface area contributed by atoms with Crippen LogP contribution in [0.5, 0.6) is 0 Å². The Hall–Kier alpha value is -1.89. The summed E-state index contributed by atoms with van der Waals surface area (Å²) < 4.78 is 0. The van der Waals surface area contributed by atoms with E-state index in [2.05, 4.69) is 32.0 Å². The van der Waals surface area contributed by atoms with Crippen molar-refractivity contribution < 1.29 is 5.11 Å². The number of rotatable bonds is 3. The summed E-state index contributed by atoms with van der Waals surface area (Å²) in [5.41, 5.74) is 6.64. The lowest BCUT2D eigenvalue weighted by atomic mass is 9.97. The van der Waals surface area contributed by atoms with Crippen LogP contribution in [0.15, 0.2) is 0 Å². The van der Waals surface area contributed by atoms with Gasteiger partial charge in [0.05, 0.1) is 16.7 Å². The number of aliphatic hydroxyl groups is 1. The van der Waals surface area contributed by atoms with Gasteiger partial charge in [-0.15, -0.1) is 0 Å². The van der Waals surface area contributed by atoms with Crippen molar-refractivity contribution in [2.45, 2.75) is 38.7 Å². The lowest BCUT2D eigenvalue weighted by Crippen LogP contribution is -2.44. The summed E-state index contributed by atoms with van der Waals surface area (Å²) >= 11 is 0. The first-order valence-corrected chi connectivity index (χ1v) is 6.90.